The highest BCUT2D eigenvalue weighted by atomic mass is 32.3. The molecule has 1 saturated heterocycles. The van der Waals surface area contributed by atoms with E-state index >= 15 is 0 Å². The van der Waals surface area contributed by atoms with Crippen molar-refractivity contribution in [1.82, 2.24) is 0 Å². The molecule has 0 aliphatic carbocycles. The van der Waals surface area contributed by atoms with Crippen LogP contribution in [0.25, 0.3) is 0 Å². The van der Waals surface area contributed by atoms with E-state index in [1.165, 1.54) is 0 Å². The molecule has 6 heteroatoms. The Morgan fingerprint density at radius 3 is 2.45 bits per heavy atom. The molecule has 2 atom stereocenters. The van der Waals surface area contributed by atoms with Gasteiger partial charge in [0.2, 0.25) is 0 Å². The summed E-state index contributed by atoms with van der Waals surface area (Å²) in [4.78, 5) is 0. The fourth-order valence-corrected chi connectivity index (χ4v) is 6.03. The van der Waals surface area contributed by atoms with E-state index in [0.717, 1.165) is 12.2 Å². The fraction of sp³-hybridized carbons (Fsp3) is 1.00. The third-order valence-electron chi connectivity index (χ3n) is 1.30. The summed E-state index contributed by atoms with van der Waals surface area (Å²) in [5, 5.41) is 0. The van der Waals surface area contributed by atoms with Crippen molar-refractivity contribution in [2.24, 2.45) is 0 Å². The first-order chi connectivity index (χ1) is 5.04. The summed E-state index contributed by atoms with van der Waals surface area (Å²) < 4.78 is 0.211. The number of hydrogen-bond donors (Lipinski definition) is 4. The Labute approximate surface area is 98.1 Å². The summed E-state index contributed by atoms with van der Waals surface area (Å²) >= 11 is 21.0. The van der Waals surface area contributed by atoms with Crippen LogP contribution in [0.3, 0.4) is 0 Å². The van der Waals surface area contributed by atoms with Crippen LogP contribution in [0.5, 0.6) is 0 Å². The summed E-state index contributed by atoms with van der Waals surface area (Å²) in [7, 11) is 0. The summed E-state index contributed by atoms with van der Waals surface area (Å²) in [6.45, 7) is 0. The molecule has 0 nitrogen and oxygen atoms in total. The van der Waals surface area contributed by atoms with Gasteiger partial charge in [0.05, 0.1) is 9.16 Å². The Kier molecular flexibility index (Phi) is 4.62. The van der Waals surface area contributed by atoms with Crippen LogP contribution in [0.15, 0.2) is 0 Å². The monoisotopic (exact) mass is 262 g/mol. The van der Waals surface area contributed by atoms with E-state index in [4.69, 9.17) is 0 Å². The molecule has 0 aromatic carbocycles. The van der Waals surface area contributed by atoms with Crippen LogP contribution in [-0.4, -0.2) is 18.3 Å². The van der Waals surface area contributed by atoms with Crippen molar-refractivity contribution >= 4 is 74.0 Å². The van der Waals surface area contributed by atoms with E-state index in [0.29, 0.717) is 4.58 Å². The van der Waals surface area contributed by atoms with E-state index in [1.807, 2.05) is 0 Å². The minimum atomic E-state index is -0.170. The lowest BCUT2D eigenvalue weighted by Crippen LogP contribution is -2.28. The third-order valence-corrected chi connectivity index (χ3v) is 7.53. The molecule has 0 saturated carbocycles. The minimum Gasteiger partial charge on any atom is -0.165 e. The maximum atomic E-state index is 4.53. The van der Waals surface area contributed by atoms with Crippen LogP contribution in [-0.2, 0) is 0 Å². The minimum absolute atomic E-state index is 0.00390. The molecule has 0 spiro atoms. The molecule has 66 valence electrons. The first kappa shape index (κ1) is 11.2. The normalized spacial score (nSPS) is 39.5. The van der Waals surface area contributed by atoms with Gasteiger partial charge in [0.15, 0.2) is 0 Å². The fourth-order valence-electron chi connectivity index (χ4n) is 0.729. The summed E-state index contributed by atoms with van der Waals surface area (Å²) in [6, 6.07) is 0. The van der Waals surface area contributed by atoms with Gasteiger partial charge >= 0.3 is 0 Å². The molecule has 0 N–H and O–H groups in total. The van der Waals surface area contributed by atoms with E-state index < -0.39 is 0 Å². The molecule has 0 radical (unpaired) electrons. The SMILES string of the molecule is SC1CCSC(S)(C(S)S)S1. The molecule has 1 heterocycles. The maximum absolute atomic E-state index is 4.53. The van der Waals surface area contributed by atoms with E-state index in [9.17, 15) is 0 Å². The van der Waals surface area contributed by atoms with Crippen LogP contribution in [0, 0.1) is 0 Å². The highest BCUT2D eigenvalue weighted by Gasteiger charge is 2.37. The highest BCUT2D eigenvalue weighted by Crippen LogP contribution is 2.53. The van der Waals surface area contributed by atoms with Crippen LogP contribution in [0.2, 0.25) is 0 Å². The molecule has 0 aromatic rings. The van der Waals surface area contributed by atoms with Crippen LogP contribution in [0.1, 0.15) is 6.42 Å². The Hall–Kier alpha value is 2.10. The molecule has 1 fully saturated rings. The van der Waals surface area contributed by atoms with Gasteiger partial charge in [-0.3, -0.25) is 0 Å². The second kappa shape index (κ2) is 4.55. The van der Waals surface area contributed by atoms with E-state index in [-0.39, 0.29) is 7.99 Å². The zero-order chi connectivity index (χ0) is 8.48. The summed E-state index contributed by atoms with van der Waals surface area (Å²) in [6.07, 6.45) is 1.13. The van der Waals surface area contributed by atoms with Gasteiger partial charge in [-0.15, -0.1) is 36.2 Å². The predicted molar refractivity (Wildman–Crippen MR) is 70.9 cm³/mol. The molecule has 2 unspecified atom stereocenters. The van der Waals surface area contributed by atoms with Gasteiger partial charge in [-0.1, -0.05) is 0 Å². The second-order valence-electron chi connectivity index (χ2n) is 2.21. The Bertz CT molecular complexity index is 137. The number of thioether (sulfide) groups is 2. The maximum Gasteiger partial charge on any atom is 0.125 e. The van der Waals surface area contributed by atoms with Gasteiger partial charge in [-0.25, -0.2) is 0 Å². The first-order valence-electron chi connectivity index (χ1n) is 3.13. The molecule has 0 bridgehead atoms. The molecular weight excluding hydrogens is 252 g/mol. The van der Waals surface area contributed by atoms with Gasteiger partial charge in [-0.05, 0) is 12.2 Å². The predicted octanol–water partition coefficient (Wildman–Crippen LogP) is 2.88. The van der Waals surface area contributed by atoms with Gasteiger partial charge in [-0.2, -0.15) is 37.9 Å². The molecule has 1 aliphatic heterocycles. The van der Waals surface area contributed by atoms with Crippen LogP contribution < -0.4 is 0 Å². The Morgan fingerprint density at radius 1 is 1.45 bits per heavy atom. The van der Waals surface area contributed by atoms with Gasteiger partial charge in [0, 0.05) is 0 Å². The lowest BCUT2D eigenvalue weighted by molar-refractivity contribution is 1.04. The lowest BCUT2D eigenvalue weighted by atomic mass is 10.6. The van der Waals surface area contributed by atoms with Crippen LogP contribution in [0.4, 0.5) is 0 Å². The zero-order valence-electron chi connectivity index (χ0n) is 5.67. The Balaban J connectivity index is 2.55. The molecule has 0 amide bonds. The van der Waals surface area contributed by atoms with Crippen molar-refractivity contribution < 1.29 is 0 Å². The zero-order valence-corrected chi connectivity index (χ0v) is 10.9. The summed E-state index contributed by atoms with van der Waals surface area (Å²) in [5.41, 5.74) is 0. The van der Waals surface area contributed by atoms with Crippen LogP contribution >= 0.6 is 74.0 Å². The van der Waals surface area contributed by atoms with Crippen molar-refractivity contribution in [3.8, 4) is 0 Å². The third kappa shape index (κ3) is 3.06. The highest BCUT2D eigenvalue weighted by molar-refractivity contribution is 8.33. The Morgan fingerprint density at radius 2 is 2.09 bits per heavy atom. The quantitative estimate of drug-likeness (QED) is 0.424. The average molecular weight is 263 g/mol. The smallest absolute Gasteiger partial charge is 0.125 e. The molecule has 11 heavy (non-hydrogen) atoms. The van der Waals surface area contributed by atoms with Crippen molar-refractivity contribution in [2.75, 3.05) is 5.75 Å². The van der Waals surface area contributed by atoms with E-state index in [1.54, 1.807) is 23.5 Å². The molecule has 0 aromatic heterocycles. The topological polar surface area (TPSA) is 0 Å². The van der Waals surface area contributed by atoms with E-state index in [2.05, 4.69) is 50.5 Å². The van der Waals surface area contributed by atoms with Crippen molar-refractivity contribution in [3.63, 3.8) is 0 Å². The van der Waals surface area contributed by atoms with Crippen molar-refractivity contribution in [3.05, 3.63) is 0 Å². The number of hydrogen-bond acceptors (Lipinski definition) is 6. The second-order valence-corrected chi connectivity index (χ2v) is 8.99. The summed E-state index contributed by atoms with van der Waals surface area (Å²) in [5.74, 6) is 1.10. The van der Waals surface area contributed by atoms with Crippen molar-refractivity contribution in [1.29, 1.82) is 0 Å². The largest absolute Gasteiger partial charge is 0.165 e. The van der Waals surface area contributed by atoms with Gasteiger partial charge in [0.25, 0.3) is 0 Å². The first-order valence-corrected chi connectivity index (χ1v) is 6.99. The van der Waals surface area contributed by atoms with Crippen molar-refractivity contribution in [2.45, 2.75) is 19.0 Å². The molecule has 1 aliphatic rings. The van der Waals surface area contributed by atoms with Gasteiger partial charge in [0.1, 0.15) is 3.41 Å². The standard InChI is InChI=1S/C5H10S6/c6-3-1-2-10-5(9,11-3)4(7)8/h3-4,6-9H,1-2H2. The molecule has 1 rings (SSSR count). The average Bonchev–Trinajstić information content (AvgIpc) is 1.86. The van der Waals surface area contributed by atoms with Gasteiger partial charge < -0.3 is 0 Å². The number of thiol groups is 4. The number of rotatable bonds is 1. The lowest BCUT2D eigenvalue weighted by Gasteiger charge is -2.36. The molecular formula is C5H10S6.